The number of esters is 1. The molecule has 0 unspecified atom stereocenters. The lowest BCUT2D eigenvalue weighted by Gasteiger charge is -2.10. The molecule has 0 aromatic heterocycles. The highest BCUT2D eigenvalue weighted by Gasteiger charge is 2.10. The fraction of sp³-hybridized carbons (Fsp3) is 0.130. The second-order valence-electron chi connectivity index (χ2n) is 6.38. The maximum absolute atomic E-state index is 12.2. The third kappa shape index (κ3) is 5.20. The molecule has 0 bridgehead atoms. The van der Waals surface area contributed by atoms with Gasteiger partial charge in [0.2, 0.25) is 0 Å². The van der Waals surface area contributed by atoms with Gasteiger partial charge in [0.05, 0.1) is 0 Å². The first-order valence-corrected chi connectivity index (χ1v) is 8.88. The summed E-state index contributed by atoms with van der Waals surface area (Å²) in [5.41, 5.74) is 3.19. The minimum atomic E-state index is -0.512. The number of carbonyl (C=O) groups excluding carboxylic acids is 2. The largest absolute Gasteiger partial charge is 0.482 e. The van der Waals surface area contributed by atoms with Crippen LogP contribution in [0.25, 0.3) is 0 Å². The molecule has 5 heteroatoms. The first-order chi connectivity index (χ1) is 13.5. The molecule has 0 saturated heterocycles. The van der Waals surface area contributed by atoms with Crippen LogP contribution in [-0.2, 0) is 4.79 Å². The lowest BCUT2D eigenvalue weighted by Crippen LogP contribution is -2.18. The Morgan fingerprint density at radius 1 is 0.893 bits per heavy atom. The molecule has 142 valence electrons. The van der Waals surface area contributed by atoms with Gasteiger partial charge >= 0.3 is 5.97 Å². The fourth-order valence-corrected chi connectivity index (χ4v) is 2.56. The number of rotatable bonds is 6. The van der Waals surface area contributed by atoms with Gasteiger partial charge in [0.15, 0.2) is 6.61 Å². The van der Waals surface area contributed by atoms with E-state index in [2.05, 4.69) is 5.32 Å². The van der Waals surface area contributed by atoms with Crippen molar-refractivity contribution in [1.29, 1.82) is 0 Å². The zero-order chi connectivity index (χ0) is 19.9. The van der Waals surface area contributed by atoms with Crippen molar-refractivity contribution in [2.75, 3.05) is 11.9 Å². The van der Waals surface area contributed by atoms with E-state index in [0.29, 0.717) is 22.7 Å². The Bertz CT molecular complexity index is 966. The molecule has 0 atom stereocenters. The third-order valence-electron chi connectivity index (χ3n) is 4.07. The number of ether oxygens (including phenoxy) is 2. The van der Waals surface area contributed by atoms with E-state index in [1.165, 1.54) is 0 Å². The number of carbonyl (C=O) groups is 2. The molecule has 3 rings (SSSR count). The molecule has 0 saturated carbocycles. The van der Waals surface area contributed by atoms with Crippen LogP contribution in [0.1, 0.15) is 21.5 Å². The van der Waals surface area contributed by atoms with Crippen LogP contribution in [0.4, 0.5) is 5.69 Å². The van der Waals surface area contributed by atoms with Crippen molar-refractivity contribution in [3.8, 4) is 11.5 Å². The molecule has 0 heterocycles. The Morgan fingerprint density at radius 3 is 2.32 bits per heavy atom. The summed E-state index contributed by atoms with van der Waals surface area (Å²) in [4.78, 5) is 24.2. The summed E-state index contributed by atoms with van der Waals surface area (Å²) in [5.74, 6) is 0.264. The molecule has 0 radical (unpaired) electrons. The topological polar surface area (TPSA) is 64.6 Å². The highest BCUT2D eigenvalue weighted by atomic mass is 16.6. The Balaban J connectivity index is 1.54. The minimum absolute atomic E-state index is 0.194. The van der Waals surface area contributed by atoms with Gasteiger partial charge in [-0.05, 0) is 67.4 Å². The normalized spacial score (nSPS) is 10.2. The van der Waals surface area contributed by atoms with Gasteiger partial charge in [-0.3, -0.25) is 4.79 Å². The van der Waals surface area contributed by atoms with Crippen LogP contribution in [0.5, 0.6) is 11.5 Å². The summed E-state index contributed by atoms with van der Waals surface area (Å²) < 4.78 is 10.8. The van der Waals surface area contributed by atoms with Crippen LogP contribution in [0.15, 0.2) is 72.8 Å². The predicted octanol–water partition coefficient (Wildman–Crippen LogP) is 4.54. The van der Waals surface area contributed by atoms with Gasteiger partial charge in [0.1, 0.15) is 11.5 Å². The zero-order valence-corrected chi connectivity index (χ0v) is 15.8. The van der Waals surface area contributed by atoms with Crippen LogP contribution in [0.2, 0.25) is 0 Å². The molecule has 28 heavy (non-hydrogen) atoms. The second kappa shape index (κ2) is 8.86. The molecule has 0 aliphatic rings. The lowest BCUT2D eigenvalue weighted by molar-refractivity contribution is -0.136. The lowest BCUT2D eigenvalue weighted by atomic mass is 10.1. The monoisotopic (exact) mass is 375 g/mol. The summed E-state index contributed by atoms with van der Waals surface area (Å²) >= 11 is 0. The smallest absolute Gasteiger partial charge is 0.349 e. The molecule has 0 spiro atoms. The van der Waals surface area contributed by atoms with Gasteiger partial charge in [-0.1, -0.05) is 30.3 Å². The van der Waals surface area contributed by atoms with Gasteiger partial charge in [-0.15, -0.1) is 0 Å². The molecule has 3 aromatic carbocycles. The standard InChI is InChI=1S/C23H21NO4/c1-16-8-9-17(2)21(14-16)27-15-22(25)28-20-12-10-18(11-13-20)23(26)24-19-6-4-3-5-7-19/h3-14H,15H2,1-2H3,(H,24,26). The number of para-hydroxylation sites is 1. The Morgan fingerprint density at radius 2 is 1.61 bits per heavy atom. The van der Waals surface area contributed by atoms with Crippen LogP contribution >= 0.6 is 0 Å². The molecule has 0 aliphatic heterocycles. The molecule has 1 N–H and O–H groups in total. The van der Waals surface area contributed by atoms with E-state index in [1.807, 2.05) is 62.4 Å². The van der Waals surface area contributed by atoms with E-state index < -0.39 is 5.97 Å². The van der Waals surface area contributed by atoms with Crippen molar-refractivity contribution in [2.24, 2.45) is 0 Å². The Kier molecular flexibility index (Phi) is 6.07. The zero-order valence-electron chi connectivity index (χ0n) is 15.8. The summed E-state index contributed by atoms with van der Waals surface area (Å²) in [6.45, 7) is 3.68. The van der Waals surface area contributed by atoms with Gasteiger partial charge in [0, 0.05) is 11.3 Å². The van der Waals surface area contributed by atoms with Crippen LogP contribution < -0.4 is 14.8 Å². The molecule has 0 fully saturated rings. The van der Waals surface area contributed by atoms with Gasteiger partial charge < -0.3 is 14.8 Å². The molecule has 1 amide bonds. The quantitative estimate of drug-likeness (QED) is 0.507. The van der Waals surface area contributed by atoms with Crippen molar-refractivity contribution < 1.29 is 19.1 Å². The number of aryl methyl sites for hydroxylation is 2. The molecular weight excluding hydrogens is 354 g/mol. The van der Waals surface area contributed by atoms with Crippen molar-refractivity contribution >= 4 is 17.6 Å². The molecule has 5 nitrogen and oxygen atoms in total. The van der Waals surface area contributed by atoms with Crippen LogP contribution in [-0.4, -0.2) is 18.5 Å². The second-order valence-corrected chi connectivity index (χ2v) is 6.38. The van der Waals surface area contributed by atoms with Gasteiger partial charge in [-0.25, -0.2) is 4.79 Å². The van der Waals surface area contributed by atoms with E-state index >= 15 is 0 Å². The van der Waals surface area contributed by atoms with Gasteiger partial charge in [-0.2, -0.15) is 0 Å². The number of benzene rings is 3. The van der Waals surface area contributed by atoms with E-state index in [0.717, 1.165) is 11.1 Å². The van der Waals surface area contributed by atoms with E-state index in [9.17, 15) is 9.59 Å². The first kappa shape index (κ1) is 19.2. The fourth-order valence-electron chi connectivity index (χ4n) is 2.56. The number of nitrogens with one attached hydrogen (secondary N) is 1. The van der Waals surface area contributed by atoms with Crippen molar-refractivity contribution in [3.63, 3.8) is 0 Å². The average molecular weight is 375 g/mol. The number of hydrogen-bond acceptors (Lipinski definition) is 4. The maximum atomic E-state index is 12.2. The van der Waals surface area contributed by atoms with E-state index in [4.69, 9.17) is 9.47 Å². The molecule has 0 aliphatic carbocycles. The maximum Gasteiger partial charge on any atom is 0.349 e. The molecular formula is C23H21NO4. The van der Waals surface area contributed by atoms with Crippen molar-refractivity contribution in [2.45, 2.75) is 13.8 Å². The number of amides is 1. The third-order valence-corrected chi connectivity index (χ3v) is 4.07. The minimum Gasteiger partial charge on any atom is -0.482 e. The number of anilines is 1. The van der Waals surface area contributed by atoms with Crippen LogP contribution in [0, 0.1) is 13.8 Å². The Hall–Kier alpha value is -3.60. The highest BCUT2D eigenvalue weighted by Crippen LogP contribution is 2.19. The Labute approximate surface area is 163 Å². The summed E-state index contributed by atoms with van der Waals surface area (Å²) in [6.07, 6.45) is 0. The highest BCUT2D eigenvalue weighted by molar-refractivity contribution is 6.04. The summed E-state index contributed by atoms with van der Waals surface area (Å²) in [6, 6.07) is 21.4. The van der Waals surface area contributed by atoms with Crippen LogP contribution in [0.3, 0.4) is 0 Å². The van der Waals surface area contributed by atoms with E-state index in [1.54, 1.807) is 24.3 Å². The van der Waals surface area contributed by atoms with Crippen molar-refractivity contribution in [1.82, 2.24) is 0 Å². The number of hydrogen-bond donors (Lipinski definition) is 1. The first-order valence-electron chi connectivity index (χ1n) is 8.88. The van der Waals surface area contributed by atoms with Crippen molar-refractivity contribution in [3.05, 3.63) is 89.5 Å². The average Bonchev–Trinajstić information content (AvgIpc) is 2.70. The molecule has 3 aromatic rings. The summed E-state index contributed by atoms with van der Waals surface area (Å²) in [7, 11) is 0. The predicted molar refractivity (Wildman–Crippen MR) is 108 cm³/mol. The summed E-state index contributed by atoms with van der Waals surface area (Å²) in [5, 5.41) is 2.80. The SMILES string of the molecule is Cc1ccc(C)c(OCC(=O)Oc2ccc(C(=O)Nc3ccccc3)cc2)c1. The van der Waals surface area contributed by atoms with Gasteiger partial charge in [0.25, 0.3) is 5.91 Å². The van der Waals surface area contributed by atoms with E-state index in [-0.39, 0.29) is 12.5 Å².